The summed E-state index contributed by atoms with van der Waals surface area (Å²) >= 11 is 0. The van der Waals surface area contributed by atoms with E-state index >= 15 is 0 Å². The van der Waals surface area contributed by atoms with Crippen molar-refractivity contribution >= 4 is 12.2 Å². The van der Waals surface area contributed by atoms with Gasteiger partial charge in [-0.1, -0.05) is 48.6 Å². The van der Waals surface area contributed by atoms with E-state index in [9.17, 15) is 10.2 Å². The van der Waals surface area contributed by atoms with Gasteiger partial charge in [0.15, 0.2) is 0 Å². The Morgan fingerprint density at radius 1 is 0.905 bits per heavy atom. The Hall–Kier alpha value is -2.72. The highest BCUT2D eigenvalue weighted by Crippen LogP contribution is 2.20. The van der Waals surface area contributed by atoms with E-state index in [2.05, 4.69) is 0 Å². The minimum atomic E-state index is -0.510. The van der Waals surface area contributed by atoms with Crippen molar-refractivity contribution in [2.24, 2.45) is 11.5 Å². The fourth-order valence-corrected chi connectivity index (χ4v) is 1.83. The molecule has 6 N–H and O–H groups in total. The van der Waals surface area contributed by atoms with Crippen molar-refractivity contribution in [1.29, 1.82) is 0 Å². The lowest BCUT2D eigenvalue weighted by atomic mass is 10.1. The Morgan fingerprint density at radius 2 is 1.43 bits per heavy atom. The second kappa shape index (κ2) is 6.63. The average molecular weight is 282 g/mol. The van der Waals surface area contributed by atoms with Gasteiger partial charge >= 0.3 is 0 Å². The van der Waals surface area contributed by atoms with E-state index in [0.717, 1.165) is 0 Å². The van der Waals surface area contributed by atoms with Gasteiger partial charge in [-0.2, -0.15) is 0 Å². The largest absolute Gasteiger partial charge is 0.507 e. The molecule has 0 aliphatic carbocycles. The van der Waals surface area contributed by atoms with Gasteiger partial charge in [-0.3, -0.25) is 0 Å². The number of rotatable bonds is 4. The first-order valence-electron chi connectivity index (χ1n) is 6.55. The number of nitrogens with two attached hydrogens (primary N) is 2. The molecule has 2 aromatic carbocycles. The molecule has 108 valence electrons. The Bertz CT molecular complexity index is 678. The van der Waals surface area contributed by atoms with Crippen LogP contribution in [0.2, 0.25) is 0 Å². The van der Waals surface area contributed by atoms with Gasteiger partial charge < -0.3 is 21.7 Å². The van der Waals surface area contributed by atoms with Crippen molar-refractivity contribution in [1.82, 2.24) is 0 Å². The molecule has 1 unspecified atom stereocenters. The number of hydrogen-bond donors (Lipinski definition) is 4. The highest BCUT2D eigenvalue weighted by molar-refractivity contribution is 5.62. The second-order valence-electron chi connectivity index (χ2n) is 4.65. The lowest BCUT2D eigenvalue weighted by Crippen LogP contribution is -2.24. The van der Waals surface area contributed by atoms with E-state index in [1.807, 2.05) is 12.1 Å². The maximum absolute atomic E-state index is 9.69. The fourth-order valence-electron chi connectivity index (χ4n) is 1.83. The number of hydrogen-bond acceptors (Lipinski definition) is 4. The lowest BCUT2D eigenvalue weighted by Gasteiger charge is -2.08. The molecule has 0 aliphatic heterocycles. The molecule has 0 spiro atoms. The van der Waals surface area contributed by atoms with Crippen LogP contribution in [-0.4, -0.2) is 16.3 Å². The van der Waals surface area contributed by atoms with Crippen LogP contribution >= 0.6 is 0 Å². The van der Waals surface area contributed by atoms with Gasteiger partial charge in [0, 0.05) is 16.8 Å². The summed E-state index contributed by atoms with van der Waals surface area (Å²) in [7, 11) is 0. The maximum Gasteiger partial charge on any atom is 0.122 e. The summed E-state index contributed by atoms with van der Waals surface area (Å²) in [5.41, 5.74) is 13.6. The zero-order valence-electron chi connectivity index (χ0n) is 11.5. The highest BCUT2D eigenvalue weighted by atomic mass is 16.3. The van der Waals surface area contributed by atoms with Crippen LogP contribution < -0.4 is 11.5 Å². The molecule has 4 nitrogen and oxygen atoms in total. The predicted molar refractivity (Wildman–Crippen MR) is 85.4 cm³/mol. The topological polar surface area (TPSA) is 92.5 Å². The molecular formula is C17H18N2O2. The van der Waals surface area contributed by atoms with Gasteiger partial charge in [-0.15, -0.1) is 0 Å². The summed E-state index contributed by atoms with van der Waals surface area (Å²) < 4.78 is 0. The molecule has 2 rings (SSSR count). The van der Waals surface area contributed by atoms with Gasteiger partial charge in [-0.25, -0.2) is 0 Å². The summed E-state index contributed by atoms with van der Waals surface area (Å²) in [6, 6.07) is 13.3. The first-order valence-corrected chi connectivity index (χ1v) is 6.55. The monoisotopic (exact) mass is 282 g/mol. The number of aromatic hydroxyl groups is 2. The average Bonchev–Trinajstić information content (AvgIpc) is 2.48. The minimum Gasteiger partial charge on any atom is -0.507 e. The Labute approximate surface area is 123 Å². The summed E-state index contributed by atoms with van der Waals surface area (Å²) in [5.74, 6) is 0.335. The molecule has 0 bridgehead atoms. The molecule has 0 fully saturated rings. The van der Waals surface area contributed by atoms with Crippen LogP contribution in [0.3, 0.4) is 0 Å². The second-order valence-corrected chi connectivity index (χ2v) is 4.65. The van der Waals surface area contributed by atoms with Crippen molar-refractivity contribution in [3.05, 3.63) is 71.4 Å². The van der Waals surface area contributed by atoms with Crippen LogP contribution in [-0.2, 0) is 0 Å². The number of phenolic OH excluding ortho intramolecular Hbond substituents is 2. The van der Waals surface area contributed by atoms with Crippen LogP contribution in [0.25, 0.3) is 12.2 Å². The molecule has 4 heteroatoms. The predicted octanol–water partition coefficient (Wildman–Crippen LogP) is 2.44. The summed E-state index contributed by atoms with van der Waals surface area (Å²) in [5, 5.41) is 19.4. The van der Waals surface area contributed by atoms with Gasteiger partial charge in [0.25, 0.3) is 0 Å². The number of phenols is 2. The Morgan fingerprint density at radius 3 is 2.00 bits per heavy atom. The SMILES string of the molecule is NC(=Cc1ccccc1O)C(N)C=Cc1ccccc1O. The van der Waals surface area contributed by atoms with Crippen LogP contribution in [0.5, 0.6) is 11.5 Å². The fraction of sp³-hybridized carbons (Fsp3) is 0.0588. The number of para-hydroxylation sites is 2. The molecule has 1 atom stereocenters. The molecular weight excluding hydrogens is 264 g/mol. The zero-order valence-corrected chi connectivity index (χ0v) is 11.5. The third kappa shape index (κ3) is 3.87. The van der Waals surface area contributed by atoms with Crippen molar-refractivity contribution in [3.63, 3.8) is 0 Å². The summed E-state index contributed by atoms with van der Waals surface area (Å²) in [6.07, 6.45) is 5.04. The van der Waals surface area contributed by atoms with E-state index in [1.54, 1.807) is 54.6 Å². The van der Waals surface area contributed by atoms with Gasteiger partial charge in [-0.05, 0) is 18.2 Å². The van der Waals surface area contributed by atoms with Crippen LogP contribution in [0, 0.1) is 0 Å². The molecule has 2 aromatic rings. The van der Waals surface area contributed by atoms with Crippen molar-refractivity contribution in [2.45, 2.75) is 6.04 Å². The number of benzene rings is 2. The van der Waals surface area contributed by atoms with E-state index in [4.69, 9.17) is 11.5 Å². The molecule has 0 heterocycles. The van der Waals surface area contributed by atoms with Crippen LogP contribution in [0.15, 0.2) is 60.3 Å². The maximum atomic E-state index is 9.69. The van der Waals surface area contributed by atoms with E-state index in [1.165, 1.54) is 0 Å². The molecule has 0 saturated heterocycles. The summed E-state index contributed by atoms with van der Waals surface area (Å²) in [6.45, 7) is 0. The van der Waals surface area contributed by atoms with Gasteiger partial charge in [0.2, 0.25) is 0 Å². The standard InChI is InChI=1S/C17H18N2O2/c18-14(10-9-12-5-1-3-7-16(12)20)15(19)11-13-6-2-4-8-17(13)21/h1-11,14,20-21H,18-19H2. The highest BCUT2D eigenvalue weighted by Gasteiger charge is 2.04. The molecule has 0 saturated carbocycles. The van der Waals surface area contributed by atoms with Crippen LogP contribution in [0.4, 0.5) is 0 Å². The minimum absolute atomic E-state index is 0.150. The molecule has 0 amide bonds. The van der Waals surface area contributed by atoms with E-state index in [0.29, 0.717) is 16.8 Å². The van der Waals surface area contributed by atoms with Crippen molar-refractivity contribution in [2.75, 3.05) is 0 Å². The normalized spacial score (nSPS) is 13.5. The summed E-state index contributed by atoms with van der Waals surface area (Å²) in [4.78, 5) is 0. The Balaban J connectivity index is 2.15. The van der Waals surface area contributed by atoms with Crippen LogP contribution in [0.1, 0.15) is 11.1 Å². The smallest absolute Gasteiger partial charge is 0.122 e. The molecule has 0 aromatic heterocycles. The molecule has 0 radical (unpaired) electrons. The van der Waals surface area contributed by atoms with Crippen molar-refractivity contribution in [3.8, 4) is 11.5 Å². The quantitative estimate of drug-likeness (QED) is 0.693. The Kier molecular flexibility index (Phi) is 4.64. The van der Waals surface area contributed by atoms with Crippen molar-refractivity contribution < 1.29 is 10.2 Å². The van der Waals surface area contributed by atoms with Gasteiger partial charge in [0.1, 0.15) is 11.5 Å². The molecule has 0 aliphatic rings. The van der Waals surface area contributed by atoms with E-state index in [-0.39, 0.29) is 11.5 Å². The first-order chi connectivity index (χ1) is 10.1. The third-order valence-corrected chi connectivity index (χ3v) is 3.06. The van der Waals surface area contributed by atoms with E-state index < -0.39 is 6.04 Å². The third-order valence-electron chi connectivity index (χ3n) is 3.06. The first kappa shape index (κ1) is 14.7. The molecule has 21 heavy (non-hydrogen) atoms. The van der Waals surface area contributed by atoms with Gasteiger partial charge in [0.05, 0.1) is 6.04 Å². The lowest BCUT2D eigenvalue weighted by molar-refractivity contribution is 0.473. The zero-order chi connectivity index (χ0) is 15.2.